The molecule has 2 rings (SSSR count). The maximum Gasteiger partial charge on any atom is 0.253 e. The van der Waals surface area contributed by atoms with Gasteiger partial charge in [0.1, 0.15) is 6.61 Å². The molecule has 0 aromatic heterocycles. The van der Waals surface area contributed by atoms with Crippen LogP contribution >= 0.6 is 15.9 Å². The summed E-state index contributed by atoms with van der Waals surface area (Å²) >= 11 is 3.41. The number of rotatable bonds is 11. The van der Waals surface area contributed by atoms with Crippen molar-refractivity contribution in [1.82, 2.24) is 5.32 Å². The van der Waals surface area contributed by atoms with Crippen molar-refractivity contribution in [2.75, 3.05) is 26.9 Å². The van der Waals surface area contributed by atoms with Crippen LogP contribution in [0.1, 0.15) is 24.2 Å². The summed E-state index contributed by atoms with van der Waals surface area (Å²) in [6, 6.07) is 13.2. The van der Waals surface area contributed by atoms with Crippen molar-refractivity contribution in [2.24, 2.45) is 0 Å². The minimum Gasteiger partial charge on any atom is -0.493 e. The normalized spacial score (nSPS) is 11.7. The molecule has 5 nitrogen and oxygen atoms in total. The summed E-state index contributed by atoms with van der Waals surface area (Å²) in [7, 11) is 1.58. The van der Waals surface area contributed by atoms with Crippen molar-refractivity contribution >= 4 is 21.8 Å². The molecule has 0 bridgehead atoms. The standard InChI is InChI=1S/C24H26BrNO4/c1-4-6-16-30-23(19-8-10-20(25)11-9-19)24(27)26-14-13-18-7-12-21(29-15-5-2)22(17-18)28-3/h2,4,6-12,17,23H,13-16H2,1,3H3,(H,26,27)/b6-4+/t23-/m0/s1. The molecule has 2 aromatic rings. The maximum atomic E-state index is 12.8. The average molecular weight is 472 g/mol. The molecule has 0 heterocycles. The largest absolute Gasteiger partial charge is 0.493 e. The molecule has 0 aliphatic carbocycles. The second-order valence-electron chi connectivity index (χ2n) is 6.35. The number of amides is 1. The lowest BCUT2D eigenvalue weighted by Gasteiger charge is -2.18. The Bertz CT molecular complexity index is 887. The van der Waals surface area contributed by atoms with Crippen LogP contribution in [0.25, 0.3) is 0 Å². The Labute approximate surface area is 186 Å². The summed E-state index contributed by atoms with van der Waals surface area (Å²) < 4.78 is 17.6. The van der Waals surface area contributed by atoms with E-state index in [1.807, 2.05) is 61.5 Å². The third kappa shape index (κ3) is 7.25. The van der Waals surface area contributed by atoms with Crippen LogP contribution in [0.4, 0.5) is 0 Å². The molecule has 0 fully saturated rings. The van der Waals surface area contributed by atoms with E-state index in [1.54, 1.807) is 7.11 Å². The molecule has 0 saturated carbocycles. The molecule has 158 valence electrons. The van der Waals surface area contributed by atoms with Gasteiger partial charge in [0.15, 0.2) is 17.6 Å². The molecule has 2 aromatic carbocycles. The van der Waals surface area contributed by atoms with Crippen molar-refractivity contribution in [1.29, 1.82) is 0 Å². The number of carbonyl (C=O) groups excluding carboxylic acids is 1. The second kappa shape index (κ2) is 12.7. The summed E-state index contributed by atoms with van der Waals surface area (Å²) in [6.07, 6.45) is 8.95. The predicted octanol–water partition coefficient (Wildman–Crippen LogP) is 4.46. The Hall–Kier alpha value is -2.75. The molecule has 0 aliphatic rings. The molecule has 1 atom stereocenters. The molecule has 0 spiro atoms. The summed E-state index contributed by atoms with van der Waals surface area (Å²) in [5, 5.41) is 2.96. The highest BCUT2D eigenvalue weighted by Crippen LogP contribution is 2.28. The summed E-state index contributed by atoms with van der Waals surface area (Å²) in [4.78, 5) is 12.8. The lowest BCUT2D eigenvalue weighted by Crippen LogP contribution is -2.32. The number of nitrogens with one attached hydrogen (secondary N) is 1. The maximum absolute atomic E-state index is 12.8. The predicted molar refractivity (Wildman–Crippen MR) is 122 cm³/mol. The van der Waals surface area contributed by atoms with Crippen molar-refractivity contribution in [3.63, 3.8) is 0 Å². The summed E-state index contributed by atoms with van der Waals surface area (Å²) in [5.74, 6) is 3.45. The fourth-order valence-corrected chi connectivity index (χ4v) is 3.00. The van der Waals surface area contributed by atoms with E-state index in [0.717, 1.165) is 15.6 Å². The Morgan fingerprint density at radius 3 is 2.67 bits per heavy atom. The van der Waals surface area contributed by atoms with Crippen molar-refractivity contribution < 1.29 is 19.0 Å². The van der Waals surface area contributed by atoms with Gasteiger partial charge in [-0.15, -0.1) is 6.42 Å². The van der Waals surface area contributed by atoms with Gasteiger partial charge in [-0.3, -0.25) is 4.79 Å². The van der Waals surface area contributed by atoms with Gasteiger partial charge >= 0.3 is 0 Å². The number of carbonyl (C=O) groups is 1. The van der Waals surface area contributed by atoms with Gasteiger partial charge in [0.25, 0.3) is 5.91 Å². The number of methoxy groups -OCH3 is 1. The fraction of sp³-hybridized carbons (Fsp3) is 0.292. The number of terminal acetylenes is 1. The van der Waals surface area contributed by atoms with Crippen LogP contribution in [0.2, 0.25) is 0 Å². The molecular weight excluding hydrogens is 446 g/mol. The van der Waals surface area contributed by atoms with E-state index in [0.29, 0.717) is 31.1 Å². The average Bonchev–Trinajstić information content (AvgIpc) is 2.76. The van der Waals surface area contributed by atoms with Crippen LogP contribution in [0.3, 0.4) is 0 Å². The van der Waals surface area contributed by atoms with E-state index < -0.39 is 6.10 Å². The fourth-order valence-electron chi connectivity index (χ4n) is 2.74. The van der Waals surface area contributed by atoms with Gasteiger partial charge in [-0.1, -0.05) is 52.2 Å². The lowest BCUT2D eigenvalue weighted by molar-refractivity contribution is -0.132. The first-order chi connectivity index (χ1) is 14.6. The van der Waals surface area contributed by atoms with E-state index in [4.69, 9.17) is 20.6 Å². The Balaban J connectivity index is 1.99. The van der Waals surface area contributed by atoms with Crippen LogP contribution < -0.4 is 14.8 Å². The van der Waals surface area contributed by atoms with Gasteiger partial charge in [0.05, 0.1) is 13.7 Å². The zero-order chi connectivity index (χ0) is 21.8. The van der Waals surface area contributed by atoms with E-state index >= 15 is 0 Å². The summed E-state index contributed by atoms with van der Waals surface area (Å²) in [5.41, 5.74) is 1.81. The van der Waals surface area contributed by atoms with Gasteiger partial charge < -0.3 is 19.5 Å². The number of hydrogen-bond donors (Lipinski definition) is 1. The van der Waals surface area contributed by atoms with Crippen LogP contribution in [-0.2, 0) is 16.0 Å². The first kappa shape index (κ1) is 23.5. The van der Waals surface area contributed by atoms with Gasteiger partial charge in [0.2, 0.25) is 0 Å². The minimum atomic E-state index is -0.677. The van der Waals surface area contributed by atoms with Crippen LogP contribution in [-0.4, -0.2) is 32.8 Å². The highest BCUT2D eigenvalue weighted by molar-refractivity contribution is 9.10. The number of hydrogen-bond acceptors (Lipinski definition) is 4. The number of benzene rings is 2. The topological polar surface area (TPSA) is 56.8 Å². The molecule has 30 heavy (non-hydrogen) atoms. The van der Waals surface area contributed by atoms with Crippen molar-refractivity contribution in [3.8, 4) is 23.8 Å². The Kier molecular flexibility index (Phi) is 9.99. The highest BCUT2D eigenvalue weighted by atomic mass is 79.9. The SMILES string of the molecule is C#CCOc1ccc(CCNC(=O)[C@@H](OC/C=C/C)c2ccc(Br)cc2)cc1OC. The molecular formula is C24H26BrNO4. The van der Waals surface area contributed by atoms with Gasteiger partial charge in [-0.05, 0) is 48.7 Å². The van der Waals surface area contributed by atoms with E-state index in [2.05, 4.69) is 27.2 Å². The van der Waals surface area contributed by atoms with Crippen LogP contribution in [0, 0.1) is 12.3 Å². The van der Waals surface area contributed by atoms with Gasteiger partial charge in [-0.25, -0.2) is 0 Å². The van der Waals surface area contributed by atoms with Crippen LogP contribution in [0.5, 0.6) is 11.5 Å². The molecule has 0 radical (unpaired) electrons. The van der Waals surface area contributed by atoms with Crippen LogP contribution in [0.15, 0.2) is 59.1 Å². The lowest BCUT2D eigenvalue weighted by atomic mass is 10.1. The monoisotopic (exact) mass is 471 g/mol. The van der Waals surface area contributed by atoms with E-state index in [-0.39, 0.29) is 12.5 Å². The summed E-state index contributed by atoms with van der Waals surface area (Å²) in [6.45, 7) is 2.92. The molecule has 6 heteroatoms. The number of halogens is 1. The second-order valence-corrected chi connectivity index (χ2v) is 7.27. The van der Waals surface area contributed by atoms with Gasteiger partial charge in [0, 0.05) is 11.0 Å². The molecule has 0 unspecified atom stereocenters. The smallest absolute Gasteiger partial charge is 0.253 e. The first-order valence-corrected chi connectivity index (χ1v) is 10.4. The zero-order valence-corrected chi connectivity index (χ0v) is 18.8. The molecule has 0 saturated heterocycles. The van der Waals surface area contributed by atoms with Crippen molar-refractivity contribution in [2.45, 2.75) is 19.4 Å². The number of ether oxygens (including phenoxy) is 3. The first-order valence-electron chi connectivity index (χ1n) is 9.58. The Morgan fingerprint density at radius 1 is 1.23 bits per heavy atom. The third-order valence-electron chi connectivity index (χ3n) is 4.26. The minimum absolute atomic E-state index is 0.177. The molecule has 0 aliphatic heterocycles. The van der Waals surface area contributed by atoms with Gasteiger partial charge in [-0.2, -0.15) is 0 Å². The third-order valence-corrected chi connectivity index (χ3v) is 4.79. The molecule has 1 N–H and O–H groups in total. The van der Waals surface area contributed by atoms with E-state index in [9.17, 15) is 4.79 Å². The van der Waals surface area contributed by atoms with E-state index in [1.165, 1.54) is 0 Å². The highest BCUT2D eigenvalue weighted by Gasteiger charge is 2.20. The quantitative estimate of drug-likeness (QED) is 0.388. The number of allylic oxidation sites excluding steroid dienone is 1. The van der Waals surface area contributed by atoms with Crippen molar-refractivity contribution in [3.05, 3.63) is 70.2 Å². The molecule has 1 amide bonds. The Morgan fingerprint density at radius 2 is 2.00 bits per heavy atom. The zero-order valence-electron chi connectivity index (χ0n) is 17.2.